The number of rotatable bonds is 2. The van der Waals surface area contributed by atoms with E-state index in [1.165, 1.54) is 12.1 Å². The van der Waals surface area contributed by atoms with Crippen LogP contribution in [-0.4, -0.2) is 18.0 Å². The van der Waals surface area contributed by atoms with Gasteiger partial charge in [-0.3, -0.25) is 4.90 Å². The summed E-state index contributed by atoms with van der Waals surface area (Å²) in [6, 6.07) is 10.7. The zero-order chi connectivity index (χ0) is 8.60. The van der Waals surface area contributed by atoms with Crippen molar-refractivity contribution >= 4 is 0 Å². The fourth-order valence-electron chi connectivity index (χ4n) is 1.87. The Morgan fingerprint density at radius 1 is 1.33 bits per heavy atom. The lowest BCUT2D eigenvalue weighted by molar-refractivity contribution is 0.456. The van der Waals surface area contributed by atoms with Gasteiger partial charge in [-0.25, -0.2) is 0 Å². The molecule has 0 spiro atoms. The fourth-order valence-corrected chi connectivity index (χ4v) is 1.87. The lowest BCUT2D eigenvalue weighted by atomic mass is 10.0. The van der Waals surface area contributed by atoms with E-state index in [4.69, 9.17) is 0 Å². The summed E-state index contributed by atoms with van der Waals surface area (Å²) in [6.07, 6.45) is 0. The van der Waals surface area contributed by atoms with E-state index in [1.54, 1.807) is 0 Å². The molecule has 2 unspecified atom stereocenters. The molecular weight excluding hydrogens is 146 g/mol. The second-order valence-corrected chi connectivity index (χ2v) is 3.65. The SMILES string of the molecule is CCN1CC1(C)c1ccccc1. The molecule has 1 heterocycles. The van der Waals surface area contributed by atoms with Gasteiger partial charge in [-0.05, 0) is 19.0 Å². The molecule has 2 atom stereocenters. The number of nitrogens with zero attached hydrogens (tertiary/aromatic N) is 1. The first-order chi connectivity index (χ1) is 5.77. The Hall–Kier alpha value is -0.820. The Morgan fingerprint density at radius 2 is 2.00 bits per heavy atom. The van der Waals surface area contributed by atoms with Crippen molar-refractivity contribution in [2.75, 3.05) is 13.1 Å². The largest absolute Gasteiger partial charge is 0.291 e. The van der Waals surface area contributed by atoms with Crippen molar-refractivity contribution in [1.29, 1.82) is 0 Å². The van der Waals surface area contributed by atoms with Gasteiger partial charge in [0.05, 0.1) is 5.54 Å². The molecule has 1 aliphatic heterocycles. The van der Waals surface area contributed by atoms with E-state index in [9.17, 15) is 0 Å². The molecule has 0 saturated carbocycles. The molecular formula is C11H15N. The van der Waals surface area contributed by atoms with Gasteiger partial charge in [0.1, 0.15) is 0 Å². The van der Waals surface area contributed by atoms with Crippen molar-refractivity contribution in [3.63, 3.8) is 0 Å². The van der Waals surface area contributed by atoms with Crippen LogP contribution in [0.5, 0.6) is 0 Å². The summed E-state index contributed by atoms with van der Waals surface area (Å²) in [6.45, 7) is 6.90. The van der Waals surface area contributed by atoms with Crippen molar-refractivity contribution in [1.82, 2.24) is 4.90 Å². The highest BCUT2D eigenvalue weighted by Gasteiger charge is 2.47. The third-order valence-corrected chi connectivity index (χ3v) is 2.87. The first-order valence-corrected chi connectivity index (χ1v) is 4.58. The van der Waals surface area contributed by atoms with E-state index in [0.29, 0.717) is 5.54 Å². The average molecular weight is 161 g/mol. The molecule has 1 nitrogen and oxygen atoms in total. The normalized spacial score (nSPS) is 33.3. The standard InChI is InChI=1S/C11H15N/c1-3-12-9-11(12,2)10-7-5-4-6-8-10/h4-8H,3,9H2,1-2H3. The van der Waals surface area contributed by atoms with E-state index >= 15 is 0 Å². The van der Waals surface area contributed by atoms with Crippen LogP contribution in [0.2, 0.25) is 0 Å². The lowest BCUT2D eigenvalue weighted by Gasteiger charge is -2.10. The second kappa shape index (κ2) is 2.60. The van der Waals surface area contributed by atoms with Crippen LogP contribution in [-0.2, 0) is 5.54 Å². The Balaban J connectivity index is 2.23. The molecule has 2 rings (SSSR count). The maximum Gasteiger partial charge on any atom is 0.0560 e. The highest BCUT2D eigenvalue weighted by molar-refractivity contribution is 5.29. The predicted octanol–water partition coefficient (Wildman–Crippen LogP) is 2.24. The third kappa shape index (κ3) is 1.05. The van der Waals surface area contributed by atoms with Gasteiger partial charge in [0, 0.05) is 6.54 Å². The summed E-state index contributed by atoms with van der Waals surface area (Å²) in [5.41, 5.74) is 1.79. The summed E-state index contributed by atoms with van der Waals surface area (Å²) in [7, 11) is 0. The quantitative estimate of drug-likeness (QED) is 0.601. The van der Waals surface area contributed by atoms with E-state index < -0.39 is 0 Å². The highest BCUT2D eigenvalue weighted by Crippen LogP contribution is 2.41. The molecule has 0 aromatic heterocycles. The van der Waals surface area contributed by atoms with Crippen LogP contribution in [0.4, 0.5) is 0 Å². The first-order valence-electron chi connectivity index (χ1n) is 4.58. The third-order valence-electron chi connectivity index (χ3n) is 2.87. The Labute approximate surface area is 74.0 Å². The summed E-state index contributed by atoms with van der Waals surface area (Å²) in [4.78, 5) is 2.47. The summed E-state index contributed by atoms with van der Waals surface area (Å²) < 4.78 is 0. The van der Waals surface area contributed by atoms with E-state index in [2.05, 4.69) is 49.1 Å². The average Bonchev–Trinajstić information content (AvgIpc) is 2.81. The molecule has 1 heteroatoms. The maximum absolute atomic E-state index is 2.47. The van der Waals surface area contributed by atoms with Crippen molar-refractivity contribution in [3.8, 4) is 0 Å². The van der Waals surface area contributed by atoms with Crippen LogP contribution in [0, 0.1) is 0 Å². The monoisotopic (exact) mass is 161 g/mol. The zero-order valence-electron chi connectivity index (χ0n) is 7.75. The second-order valence-electron chi connectivity index (χ2n) is 3.65. The summed E-state index contributed by atoms with van der Waals surface area (Å²) >= 11 is 0. The van der Waals surface area contributed by atoms with Gasteiger partial charge >= 0.3 is 0 Å². The van der Waals surface area contributed by atoms with Gasteiger partial charge in [-0.15, -0.1) is 0 Å². The Bertz CT molecular complexity index is 268. The molecule has 1 aliphatic rings. The molecule has 0 amide bonds. The minimum absolute atomic E-state index is 0.343. The van der Waals surface area contributed by atoms with E-state index in [0.717, 1.165) is 6.54 Å². The van der Waals surface area contributed by atoms with E-state index in [-0.39, 0.29) is 0 Å². The summed E-state index contributed by atoms with van der Waals surface area (Å²) in [5.74, 6) is 0. The van der Waals surface area contributed by atoms with Crippen LogP contribution in [0.25, 0.3) is 0 Å². The molecule has 12 heavy (non-hydrogen) atoms. The Morgan fingerprint density at radius 3 is 2.50 bits per heavy atom. The smallest absolute Gasteiger partial charge is 0.0560 e. The minimum Gasteiger partial charge on any atom is -0.291 e. The number of benzene rings is 1. The highest BCUT2D eigenvalue weighted by atomic mass is 15.3. The molecule has 0 N–H and O–H groups in total. The predicted molar refractivity (Wildman–Crippen MR) is 51.0 cm³/mol. The van der Waals surface area contributed by atoms with Crippen molar-refractivity contribution in [2.45, 2.75) is 19.4 Å². The molecule has 1 aromatic rings. The van der Waals surface area contributed by atoms with Crippen molar-refractivity contribution in [3.05, 3.63) is 35.9 Å². The van der Waals surface area contributed by atoms with Gasteiger partial charge < -0.3 is 0 Å². The number of hydrogen-bond donors (Lipinski definition) is 0. The van der Waals surface area contributed by atoms with E-state index in [1.807, 2.05) is 0 Å². The minimum atomic E-state index is 0.343. The van der Waals surface area contributed by atoms with Crippen molar-refractivity contribution < 1.29 is 0 Å². The van der Waals surface area contributed by atoms with Gasteiger partial charge in [-0.1, -0.05) is 37.3 Å². The van der Waals surface area contributed by atoms with Crippen LogP contribution in [0.1, 0.15) is 19.4 Å². The number of likely N-dealkylation sites (N-methyl/N-ethyl adjacent to an activating group) is 1. The molecule has 1 aromatic carbocycles. The van der Waals surface area contributed by atoms with Gasteiger partial charge in [-0.2, -0.15) is 0 Å². The van der Waals surface area contributed by atoms with Gasteiger partial charge in [0.2, 0.25) is 0 Å². The van der Waals surface area contributed by atoms with Gasteiger partial charge in [0.15, 0.2) is 0 Å². The van der Waals surface area contributed by atoms with Crippen LogP contribution in [0.3, 0.4) is 0 Å². The maximum atomic E-state index is 2.47. The van der Waals surface area contributed by atoms with Crippen LogP contribution >= 0.6 is 0 Å². The summed E-state index contributed by atoms with van der Waals surface area (Å²) in [5, 5.41) is 0. The lowest BCUT2D eigenvalue weighted by Crippen LogP contribution is -2.11. The molecule has 1 saturated heterocycles. The van der Waals surface area contributed by atoms with Crippen molar-refractivity contribution in [2.24, 2.45) is 0 Å². The fraction of sp³-hybridized carbons (Fsp3) is 0.455. The van der Waals surface area contributed by atoms with Gasteiger partial charge in [0.25, 0.3) is 0 Å². The molecule has 64 valence electrons. The topological polar surface area (TPSA) is 3.01 Å². The number of hydrogen-bond acceptors (Lipinski definition) is 1. The zero-order valence-corrected chi connectivity index (χ0v) is 7.75. The molecule has 0 aliphatic carbocycles. The first kappa shape index (κ1) is 7.81. The molecule has 1 fully saturated rings. The molecule has 0 bridgehead atoms. The van der Waals surface area contributed by atoms with Crippen LogP contribution in [0.15, 0.2) is 30.3 Å². The Kier molecular flexibility index (Phi) is 1.69. The van der Waals surface area contributed by atoms with Crippen LogP contribution < -0.4 is 0 Å². The molecule has 0 radical (unpaired) electrons.